The van der Waals surface area contributed by atoms with E-state index < -0.39 is 5.97 Å². The number of rotatable bonds is 4. The molecule has 1 heterocycles. The summed E-state index contributed by atoms with van der Waals surface area (Å²) in [5, 5.41) is 9.92. The van der Waals surface area contributed by atoms with E-state index in [0.29, 0.717) is 5.75 Å². The smallest absolute Gasteiger partial charge is 0.307 e. The summed E-state index contributed by atoms with van der Waals surface area (Å²) >= 11 is 0. The number of nitrogens with one attached hydrogen (secondary N) is 1. The highest BCUT2D eigenvalue weighted by Crippen LogP contribution is 2.29. The summed E-state index contributed by atoms with van der Waals surface area (Å²) in [7, 11) is 0. The van der Waals surface area contributed by atoms with Gasteiger partial charge in [0.1, 0.15) is 11.5 Å². The van der Waals surface area contributed by atoms with Gasteiger partial charge in [0.05, 0.1) is 6.42 Å². The molecule has 1 aromatic heterocycles. The van der Waals surface area contributed by atoms with Crippen LogP contribution in [0.15, 0.2) is 48.5 Å². The van der Waals surface area contributed by atoms with Crippen molar-refractivity contribution in [1.29, 1.82) is 0 Å². The lowest BCUT2D eigenvalue weighted by atomic mass is 10.1. The number of hydrogen-bond acceptors (Lipinski definition) is 2. The van der Waals surface area contributed by atoms with Crippen LogP contribution in [-0.2, 0) is 11.2 Å². The average molecular weight is 281 g/mol. The van der Waals surface area contributed by atoms with Gasteiger partial charge < -0.3 is 14.8 Å². The van der Waals surface area contributed by atoms with Gasteiger partial charge in [-0.05, 0) is 42.8 Å². The number of aromatic amines is 1. The number of benzene rings is 2. The van der Waals surface area contributed by atoms with E-state index in [1.807, 2.05) is 55.5 Å². The number of hydrogen-bond donors (Lipinski definition) is 2. The minimum Gasteiger partial charge on any atom is -0.481 e. The van der Waals surface area contributed by atoms with Crippen LogP contribution in [-0.4, -0.2) is 16.1 Å². The van der Waals surface area contributed by atoms with E-state index >= 15 is 0 Å². The Morgan fingerprint density at radius 1 is 1.14 bits per heavy atom. The summed E-state index contributed by atoms with van der Waals surface area (Å²) in [6.45, 7) is 1.88. The number of aromatic nitrogens is 1. The van der Waals surface area contributed by atoms with Crippen LogP contribution in [0.25, 0.3) is 10.9 Å². The topological polar surface area (TPSA) is 62.3 Å². The lowest BCUT2D eigenvalue weighted by molar-refractivity contribution is -0.136. The third-order valence-electron chi connectivity index (χ3n) is 3.40. The number of aliphatic carboxylic acids is 1. The molecule has 2 aromatic carbocycles. The standard InChI is InChI=1S/C17H15NO3/c1-11-14(10-17(19)20)15-9-13(7-8-16(15)18-11)21-12-5-3-2-4-6-12/h2-9,18H,10H2,1H3,(H,19,20). The first kappa shape index (κ1) is 13.2. The highest BCUT2D eigenvalue weighted by Gasteiger charge is 2.12. The first-order chi connectivity index (χ1) is 10.1. The van der Waals surface area contributed by atoms with Crippen molar-refractivity contribution < 1.29 is 14.6 Å². The molecule has 4 heteroatoms. The maximum absolute atomic E-state index is 11.0. The van der Waals surface area contributed by atoms with Crippen LogP contribution < -0.4 is 4.74 Å². The molecule has 0 fully saturated rings. The van der Waals surface area contributed by atoms with Gasteiger partial charge in [0.15, 0.2) is 0 Å². The van der Waals surface area contributed by atoms with E-state index in [-0.39, 0.29) is 6.42 Å². The van der Waals surface area contributed by atoms with E-state index in [4.69, 9.17) is 9.84 Å². The second-order valence-corrected chi connectivity index (χ2v) is 4.92. The predicted molar refractivity (Wildman–Crippen MR) is 80.9 cm³/mol. The number of fused-ring (bicyclic) bond motifs is 1. The Labute approximate surface area is 122 Å². The number of carboxylic acid groups (broad SMARTS) is 1. The van der Waals surface area contributed by atoms with Gasteiger partial charge in [-0.1, -0.05) is 18.2 Å². The van der Waals surface area contributed by atoms with Gasteiger partial charge >= 0.3 is 5.97 Å². The van der Waals surface area contributed by atoms with Crippen LogP contribution in [0.3, 0.4) is 0 Å². The fourth-order valence-electron chi connectivity index (χ4n) is 2.43. The molecule has 0 saturated carbocycles. The summed E-state index contributed by atoms with van der Waals surface area (Å²) in [5.41, 5.74) is 2.60. The first-order valence-corrected chi connectivity index (χ1v) is 6.69. The van der Waals surface area contributed by atoms with Crippen LogP contribution in [0.1, 0.15) is 11.3 Å². The Hall–Kier alpha value is -2.75. The number of H-pyrrole nitrogens is 1. The highest BCUT2D eigenvalue weighted by molar-refractivity contribution is 5.89. The predicted octanol–water partition coefficient (Wildman–Crippen LogP) is 3.90. The maximum Gasteiger partial charge on any atom is 0.307 e. The Kier molecular flexibility index (Phi) is 3.36. The number of carboxylic acids is 1. The fraction of sp³-hybridized carbons (Fsp3) is 0.118. The average Bonchev–Trinajstić information content (AvgIpc) is 2.76. The van der Waals surface area contributed by atoms with E-state index in [9.17, 15) is 4.79 Å². The lowest BCUT2D eigenvalue weighted by Gasteiger charge is -2.06. The molecule has 0 saturated heterocycles. The van der Waals surface area contributed by atoms with Gasteiger partial charge in [-0.2, -0.15) is 0 Å². The quantitative estimate of drug-likeness (QED) is 0.762. The number of aryl methyl sites for hydroxylation is 1. The number of ether oxygens (including phenoxy) is 1. The van der Waals surface area contributed by atoms with Gasteiger partial charge in [-0.3, -0.25) is 4.79 Å². The van der Waals surface area contributed by atoms with E-state index in [0.717, 1.165) is 27.9 Å². The van der Waals surface area contributed by atoms with Crippen LogP contribution in [0.2, 0.25) is 0 Å². The molecule has 0 unspecified atom stereocenters. The molecule has 0 atom stereocenters. The molecule has 0 aliphatic rings. The largest absolute Gasteiger partial charge is 0.481 e. The van der Waals surface area contributed by atoms with Crippen molar-refractivity contribution in [2.75, 3.05) is 0 Å². The molecule has 3 rings (SSSR count). The molecule has 0 bridgehead atoms. The molecule has 2 N–H and O–H groups in total. The van der Waals surface area contributed by atoms with Crippen molar-refractivity contribution in [3.05, 3.63) is 59.8 Å². The van der Waals surface area contributed by atoms with Crippen molar-refractivity contribution in [2.24, 2.45) is 0 Å². The molecule has 0 radical (unpaired) electrons. The van der Waals surface area contributed by atoms with Crippen molar-refractivity contribution in [1.82, 2.24) is 4.98 Å². The Balaban J connectivity index is 2.00. The Morgan fingerprint density at radius 3 is 2.62 bits per heavy atom. The summed E-state index contributed by atoms with van der Waals surface area (Å²) in [5.74, 6) is 0.608. The Bertz CT molecular complexity index is 790. The van der Waals surface area contributed by atoms with E-state index in [1.54, 1.807) is 0 Å². The van der Waals surface area contributed by atoms with Gasteiger partial charge in [0, 0.05) is 16.6 Å². The third-order valence-corrected chi connectivity index (χ3v) is 3.40. The van der Waals surface area contributed by atoms with Crippen molar-refractivity contribution in [3.8, 4) is 11.5 Å². The fourth-order valence-corrected chi connectivity index (χ4v) is 2.43. The third kappa shape index (κ3) is 2.74. The number of para-hydroxylation sites is 1. The minimum absolute atomic E-state index is 0.000619. The molecule has 0 aliphatic carbocycles. The van der Waals surface area contributed by atoms with Gasteiger partial charge in [-0.25, -0.2) is 0 Å². The highest BCUT2D eigenvalue weighted by atomic mass is 16.5. The van der Waals surface area contributed by atoms with Crippen LogP contribution in [0, 0.1) is 6.92 Å². The van der Waals surface area contributed by atoms with Crippen LogP contribution in [0.5, 0.6) is 11.5 Å². The zero-order valence-corrected chi connectivity index (χ0v) is 11.6. The molecule has 106 valence electrons. The zero-order valence-electron chi connectivity index (χ0n) is 11.6. The van der Waals surface area contributed by atoms with Gasteiger partial charge in [0.25, 0.3) is 0 Å². The Morgan fingerprint density at radius 2 is 1.90 bits per heavy atom. The molecular formula is C17H15NO3. The molecule has 3 aromatic rings. The summed E-state index contributed by atoms with van der Waals surface area (Å²) in [4.78, 5) is 14.2. The normalized spacial score (nSPS) is 10.7. The van der Waals surface area contributed by atoms with Gasteiger partial charge in [0.2, 0.25) is 0 Å². The molecule has 21 heavy (non-hydrogen) atoms. The maximum atomic E-state index is 11.0. The van der Waals surface area contributed by atoms with Crippen molar-refractivity contribution >= 4 is 16.9 Å². The summed E-state index contributed by atoms with van der Waals surface area (Å²) < 4.78 is 5.79. The van der Waals surface area contributed by atoms with Crippen LogP contribution in [0.4, 0.5) is 0 Å². The SMILES string of the molecule is Cc1[nH]c2ccc(Oc3ccccc3)cc2c1CC(=O)O. The van der Waals surface area contributed by atoms with E-state index in [2.05, 4.69) is 4.98 Å². The summed E-state index contributed by atoms with van der Waals surface area (Å²) in [6, 6.07) is 15.2. The molecular weight excluding hydrogens is 266 g/mol. The first-order valence-electron chi connectivity index (χ1n) is 6.69. The van der Waals surface area contributed by atoms with Crippen molar-refractivity contribution in [2.45, 2.75) is 13.3 Å². The molecule has 0 amide bonds. The number of carbonyl (C=O) groups is 1. The van der Waals surface area contributed by atoms with Crippen LogP contribution >= 0.6 is 0 Å². The van der Waals surface area contributed by atoms with Crippen molar-refractivity contribution in [3.63, 3.8) is 0 Å². The molecule has 0 spiro atoms. The zero-order chi connectivity index (χ0) is 14.8. The second-order valence-electron chi connectivity index (χ2n) is 4.92. The monoisotopic (exact) mass is 281 g/mol. The van der Waals surface area contributed by atoms with Gasteiger partial charge in [-0.15, -0.1) is 0 Å². The molecule has 0 aliphatic heterocycles. The summed E-state index contributed by atoms with van der Waals surface area (Å²) in [6.07, 6.45) is 0.000619. The van der Waals surface area contributed by atoms with E-state index in [1.165, 1.54) is 0 Å². The molecule has 4 nitrogen and oxygen atoms in total. The second kappa shape index (κ2) is 5.32. The minimum atomic E-state index is -0.839. The lowest BCUT2D eigenvalue weighted by Crippen LogP contribution is -2.00.